The van der Waals surface area contributed by atoms with E-state index in [1.165, 1.54) is 12.6 Å². The van der Waals surface area contributed by atoms with Crippen LogP contribution in [-0.4, -0.2) is 27.0 Å². The normalized spacial score (nSPS) is 21.9. The summed E-state index contributed by atoms with van der Waals surface area (Å²) in [5.74, 6) is 1.86. The van der Waals surface area contributed by atoms with E-state index in [9.17, 15) is 10.1 Å². The number of anilines is 1. The van der Waals surface area contributed by atoms with Crippen molar-refractivity contribution in [2.24, 2.45) is 0 Å². The first kappa shape index (κ1) is 15.6. The van der Waals surface area contributed by atoms with Gasteiger partial charge in [-0.15, -0.1) is 0 Å². The lowest BCUT2D eigenvalue weighted by atomic mass is 10.2. The SMILES string of the molecule is CCSC1CCC(Nc2ncc([N+](=O)[O-])c(C)c2Br)C1. The van der Waals surface area contributed by atoms with E-state index in [0.717, 1.165) is 23.8 Å². The number of nitrogens with zero attached hydrogens (tertiary/aromatic N) is 2. The van der Waals surface area contributed by atoms with E-state index in [-0.39, 0.29) is 5.69 Å². The molecule has 1 fully saturated rings. The highest BCUT2D eigenvalue weighted by molar-refractivity contribution is 9.10. The maximum absolute atomic E-state index is 10.9. The Labute approximate surface area is 131 Å². The Morgan fingerprint density at radius 1 is 1.60 bits per heavy atom. The summed E-state index contributed by atoms with van der Waals surface area (Å²) in [5, 5.41) is 15.0. The zero-order valence-corrected chi connectivity index (χ0v) is 14.0. The quantitative estimate of drug-likeness (QED) is 0.631. The molecule has 2 rings (SSSR count). The minimum absolute atomic E-state index is 0.0493. The first-order chi connectivity index (χ1) is 9.52. The molecular weight excluding hydrogens is 342 g/mol. The third-order valence-corrected chi connectivity index (χ3v) is 5.76. The molecule has 0 saturated heterocycles. The van der Waals surface area contributed by atoms with Crippen molar-refractivity contribution < 1.29 is 4.92 Å². The molecule has 0 spiro atoms. The standard InChI is InChI=1S/C13H18BrN3O2S/c1-3-20-10-5-4-9(6-10)16-13-12(14)8(2)11(7-15-13)17(18)19/h7,9-10H,3-6H2,1-2H3,(H,15,16). The highest BCUT2D eigenvalue weighted by Gasteiger charge is 2.26. The van der Waals surface area contributed by atoms with Crippen molar-refractivity contribution in [1.82, 2.24) is 4.98 Å². The summed E-state index contributed by atoms with van der Waals surface area (Å²) >= 11 is 5.42. The van der Waals surface area contributed by atoms with E-state index in [4.69, 9.17) is 0 Å². The average molecular weight is 360 g/mol. The minimum Gasteiger partial charge on any atom is -0.366 e. The molecule has 2 atom stereocenters. The Bertz CT molecular complexity index is 513. The van der Waals surface area contributed by atoms with Gasteiger partial charge < -0.3 is 5.32 Å². The zero-order chi connectivity index (χ0) is 14.7. The molecule has 1 heterocycles. The number of nitrogens with one attached hydrogen (secondary N) is 1. The number of rotatable bonds is 5. The number of pyridine rings is 1. The molecule has 1 aliphatic rings. The van der Waals surface area contributed by atoms with Crippen LogP contribution in [0.25, 0.3) is 0 Å². The molecule has 0 radical (unpaired) electrons. The first-order valence-corrected chi connectivity index (χ1v) is 8.54. The lowest BCUT2D eigenvalue weighted by molar-refractivity contribution is -0.385. The molecule has 1 N–H and O–H groups in total. The molecule has 0 amide bonds. The smallest absolute Gasteiger partial charge is 0.291 e. The fraction of sp³-hybridized carbons (Fsp3) is 0.615. The van der Waals surface area contributed by atoms with E-state index in [0.29, 0.717) is 21.9 Å². The second kappa shape index (κ2) is 6.76. The number of hydrogen-bond donors (Lipinski definition) is 1. The molecule has 2 unspecified atom stereocenters. The van der Waals surface area contributed by atoms with Gasteiger partial charge in [-0.25, -0.2) is 4.98 Å². The van der Waals surface area contributed by atoms with Gasteiger partial charge in [0.15, 0.2) is 0 Å². The lowest BCUT2D eigenvalue weighted by Gasteiger charge is -2.15. The average Bonchev–Trinajstić information content (AvgIpc) is 2.83. The second-order valence-corrected chi connectivity index (χ2v) is 7.29. The third kappa shape index (κ3) is 3.44. The van der Waals surface area contributed by atoms with Gasteiger partial charge in [0.05, 0.1) is 9.40 Å². The molecule has 0 bridgehead atoms. The first-order valence-electron chi connectivity index (χ1n) is 6.70. The van der Waals surface area contributed by atoms with Crippen molar-refractivity contribution in [2.75, 3.05) is 11.1 Å². The van der Waals surface area contributed by atoms with Crippen molar-refractivity contribution in [2.45, 2.75) is 44.4 Å². The molecule has 1 saturated carbocycles. The summed E-state index contributed by atoms with van der Waals surface area (Å²) < 4.78 is 0.693. The van der Waals surface area contributed by atoms with Crippen LogP contribution in [0.2, 0.25) is 0 Å². The van der Waals surface area contributed by atoms with E-state index >= 15 is 0 Å². The summed E-state index contributed by atoms with van der Waals surface area (Å²) in [6.45, 7) is 3.92. The number of hydrogen-bond acceptors (Lipinski definition) is 5. The Morgan fingerprint density at radius 2 is 2.35 bits per heavy atom. The maximum Gasteiger partial charge on any atom is 0.291 e. The molecule has 1 aliphatic carbocycles. The van der Waals surface area contributed by atoms with E-state index in [2.05, 4.69) is 33.2 Å². The largest absolute Gasteiger partial charge is 0.366 e. The number of thioether (sulfide) groups is 1. The third-order valence-electron chi connectivity index (χ3n) is 3.56. The van der Waals surface area contributed by atoms with E-state index in [1.807, 2.05) is 11.8 Å². The van der Waals surface area contributed by atoms with Gasteiger partial charge in [-0.05, 0) is 47.9 Å². The Balaban J connectivity index is 2.07. The Hall–Kier alpha value is -0.820. The van der Waals surface area contributed by atoms with Gasteiger partial charge >= 0.3 is 0 Å². The molecule has 1 aromatic heterocycles. The fourth-order valence-corrected chi connectivity index (χ4v) is 4.07. The molecule has 5 nitrogen and oxygen atoms in total. The molecule has 1 aromatic rings. The molecule has 7 heteroatoms. The van der Waals surface area contributed by atoms with E-state index < -0.39 is 4.92 Å². The predicted molar refractivity (Wildman–Crippen MR) is 86.5 cm³/mol. The molecule has 110 valence electrons. The Kier molecular flexibility index (Phi) is 5.26. The van der Waals surface area contributed by atoms with Crippen LogP contribution in [-0.2, 0) is 0 Å². The van der Waals surface area contributed by atoms with Crippen molar-refractivity contribution in [3.63, 3.8) is 0 Å². The van der Waals surface area contributed by atoms with Crippen LogP contribution in [0.15, 0.2) is 10.7 Å². The number of nitro groups is 1. The van der Waals surface area contributed by atoms with Gasteiger partial charge in [0, 0.05) is 16.9 Å². The summed E-state index contributed by atoms with van der Waals surface area (Å²) in [4.78, 5) is 14.7. The molecular formula is C13H18BrN3O2S. The molecule has 0 aliphatic heterocycles. The zero-order valence-electron chi connectivity index (χ0n) is 11.6. The van der Waals surface area contributed by atoms with Gasteiger partial charge in [-0.3, -0.25) is 10.1 Å². The number of aromatic nitrogens is 1. The van der Waals surface area contributed by atoms with Crippen LogP contribution < -0.4 is 5.32 Å². The van der Waals surface area contributed by atoms with Crippen LogP contribution in [0, 0.1) is 17.0 Å². The second-order valence-electron chi connectivity index (χ2n) is 4.92. The Morgan fingerprint density at radius 3 is 3.00 bits per heavy atom. The summed E-state index contributed by atoms with van der Waals surface area (Å²) in [7, 11) is 0. The van der Waals surface area contributed by atoms with Crippen molar-refractivity contribution in [1.29, 1.82) is 0 Å². The predicted octanol–water partition coefficient (Wildman–Crippen LogP) is 4.15. The summed E-state index contributed by atoms with van der Waals surface area (Å²) in [6, 6.07) is 0.406. The minimum atomic E-state index is -0.402. The van der Waals surface area contributed by atoms with Crippen LogP contribution in [0.4, 0.5) is 11.5 Å². The van der Waals surface area contributed by atoms with Gasteiger partial charge in [-0.2, -0.15) is 11.8 Å². The van der Waals surface area contributed by atoms with Crippen LogP contribution in [0.5, 0.6) is 0 Å². The maximum atomic E-state index is 10.9. The van der Waals surface area contributed by atoms with Gasteiger partial charge in [0.1, 0.15) is 12.0 Å². The summed E-state index contributed by atoms with van der Waals surface area (Å²) in [6.07, 6.45) is 4.81. The van der Waals surface area contributed by atoms with Crippen molar-refractivity contribution >= 4 is 39.2 Å². The van der Waals surface area contributed by atoms with Gasteiger partial charge in [0.25, 0.3) is 5.69 Å². The van der Waals surface area contributed by atoms with Crippen LogP contribution in [0.3, 0.4) is 0 Å². The van der Waals surface area contributed by atoms with Gasteiger partial charge in [0.2, 0.25) is 0 Å². The van der Waals surface area contributed by atoms with Crippen LogP contribution in [0.1, 0.15) is 31.7 Å². The number of halogens is 1. The van der Waals surface area contributed by atoms with Crippen LogP contribution >= 0.6 is 27.7 Å². The van der Waals surface area contributed by atoms with E-state index in [1.54, 1.807) is 6.92 Å². The monoisotopic (exact) mass is 359 g/mol. The van der Waals surface area contributed by atoms with Crippen molar-refractivity contribution in [3.8, 4) is 0 Å². The highest BCUT2D eigenvalue weighted by Crippen LogP contribution is 2.35. The topological polar surface area (TPSA) is 68.1 Å². The summed E-state index contributed by atoms with van der Waals surface area (Å²) in [5.41, 5.74) is 0.665. The van der Waals surface area contributed by atoms with Gasteiger partial charge in [-0.1, -0.05) is 6.92 Å². The fourth-order valence-electron chi connectivity index (χ4n) is 2.51. The molecule has 20 heavy (non-hydrogen) atoms. The van der Waals surface area contributed by atoms with Crippen molar-refractivity contribution in [3.05, 3.63) is 26.3 Å². The lowest BCUT2D eigenvalue weighted by Crippen LogP contribution is -2.17. The molecule has 0 aromatic carbocycles. The highest BCUT2D eigenvalue weighted by atomic mass is 79.9.